The molecule has 2 atom stereocenters. The highest BCUT2D eigenvalue weighted by Crippen LogP contribution is 2.54. The molecule has 0 amide bonds. The van der Waals surface area contributed by atoms with Crippen molar-refractivity contribution < 1.29 is 33.2 Å². The molecular formula is C44H50N4O7. The summed E-state index contributed by atoms with van der Waals surface area (Å²) in [6.45, 7) is 3.32. The minimum absolute atomic E-state index is 0.0924. The Balaban J connectivity index is 1.32. The van der Waals surface area contributed by atoms with E-state index >= 15 is 0 Å². The molecule has 4 aliphatic rings. The fourth-order valence-electron chi connectivity index (χ4n) is 8.42. The molecule has 6 bridgehead atoms. The van der Waals surface area contributed by atoms with Gasteiger partial charge in [-0.1, -0.05) is 18.2 Å². The molecule has 0 fully saturated rings. The van der Waals surface area contributed by atoms with Gasteiger partial charge in [-0.3, -0.25) is 9.80 Å². The Morgan fingerprint density at radius 3 is 2.22 bits per heavy atom. The first-order valence-corrected chi connectivity index (χ1v) is 18.9. The van der Waals surface area contributed by atoms with Crippen LogP contribution in [-0.4, -0.2) is 81.6 Å². The lowest BCUT2D eigenvalue weighted by atomic mass is 9.84. The summed E-state index contributed by atoms with van der Waals surface area (Å²) in [7, 11) is 11.1. The number of nitrogens with zero attached hydrogens (tertiary/aromatic N) is 4. The average molecular weight is 747 g/mol. The van der Waals surface area contributed by atoms with Crippen LogP contribution in [0.15, 0.2) is 73.3 Å². The zero-order chi connectivity index (χ0) is 38.1. The quantitative estimate of drug-likeness (QED) is 0.141. The second kappa shape index (κ2) is 15.9. The van der Waals surface area contributed by atoms with Gasteiger partial charge in [-0.05, 0) is 104 Å². The van der Waals surface area contributed by atoms with E-state index in [1.54, 1.807) is 41.0 Å². The smallest absolute Gasteiger partial charge is 0.204 e. The van der Waals surface area contributed by atoms with E-state index in [0.29, 0.717) is 66.4 Å². The van der Waals surface area contributed by atoms with Gasteiger partial charge in [0.15, 0.2) is 34.5 Å². The molecule has 4 aromatic carbocycles. The molecule has 0 saturated carbocycles. The van der Waals surface area contributed by atoms with Gasteiger partial charge in [-0.15, -0.1) is 0 Å². The Hall–Kier alpha value is -5.23. The lowest BCUT2D eigenvalue weighted by molar-refractivity contribution is 0.109. The topological polar surface area (TPSA) is 88.9 Å². The summed E-state index contributed by atoms with van der Waals surface area (Å²) < 4.78 is 46.5. The number of likely N-dealkylation sites (N-methyl/N-ethyl adjacent to an activating group) is 2. The van der Waals surface area contributed by atoms with E-state index in [2.05, 4.69) is 65.3 Å². The van der Waals surface area contributed by atoms with Crippen molar-refractivity contribution in [3.05, 3.63) is 112 Å². The van der Waals surface area contributed by atoms with Crippen LogP contribution < -0.4 is 28.4 Å². The second-order valence-corrected chi connectivity index (χ2v) is 14.6. The first-order valence-electron chi connectivity index (χ1n) is 18.9. The van der Waals surface area contributed by atoms with E-state index in [1.165, 1.54) is 16.7 Å². The van der Waals surface area contributed by atoms with Crippen molar-refractivity contribution in [2.45, 2.75) is 50.9 Å². The molecule has 5 aromatic rings. The number of aromatic nitrogens is 2. The molecule has 11 nitrogen and oxygen atoms in total. The van der Waals surface area contributed by atoms with Gasteiger partial charge in [0.1, 0.15) is 5.75 Å². The Labute approximate surface area is 323 Å². The van der Waals surface area contributed by atoms with Crippen molar-refractivity contribution in [1.82, 2.24) is 19.4 Å². The molecule has 5 heterocycles. The minimum Gasteiger partial charge on any atom is -0.493 e. The molecular weight excluding hydrogens is 697 g/mol. The van der Waals surface area contributed by atoms with Crippen LogP contribution in [0.1, 0.15) is 51.0 Å². The Kier molecular flexibility index (Phi) is 10.6. The van der Waals surface area contributed by atoms with E-state index < -0.39 is 0 Å². The lowest BCUT2D eigenvalue weighted by Gasteiger charge is -2.38. The van der Waals surface area contributed by atoms with Crippen molar-refractivity contribution >= 4 is 0 Å². The van der Waals surface area contributed by atoms with Crippen molar-refractivity contribution in [2.24, 2.45) is 0 Å². The van der Waals surface area contributed by atoms with Crippen LogP contribution in [0.2, 0.25) is 0 Å². The Morgan fingerprint density at radius 1 is 0.745 bits per heavy atom. The molecule has 0 saturated heterocycles. The van der Waals surface area contributed by atoms with Crippen molar-refractivity contribution in [3.8, 4) is 46.0 Å². The molecule has 0 spiro atoms. The normalized spacial score (nSPS) is 18.0. The van der Waals surface area contributed by atoms with E-state index in [4.69, 9.17) is 33.2 Å². The fourth-order valence-corrected chi connectivity index (χ4v) is 8.42. The molecule has 55 heavy (non-hydrogen) atoms. The maximum atomic E-state index is 7.21. The molecule has 2 unspecified atom stereocenters. The molecule has 288 valence electrons. The maximum Gasteiger partial charge on any atom is 0.204 e. The van der Waals surface area contributed by atoms with Crippen molar-refractivity contribution in [3.63, 3.8) is 0 Å². The SMILES string of the molecule is COc1ccc2cc1Oc1ccc(cc1)CC1c3cc(c(OC)cc3CCN1C)Oc1c(OC)c(OC)c(COCCn3ccnc3)c3c1C(C2)N(C)CC3. The number of ether oxygens (including phenoxy) is 7. The van der Waals surface area contributed by atoms with Gasteiger partial charge < -0.3 is 37.7 Å². The highest BCUT2D eigenvalue weighted by Gasteiger charge is 2.37. The number of hydrogen-bond donors (Lipinski definition) is 0. The summed E-state index contributed by atoms with van der Waals surface area (Å²) in [5, 5.41) is 0. The number of benzene rings is 4. The van der Waals surface area contributed by atoms with E-state index in [9.17, 15) is 0 Å². The second-order valence-electron chi connectivity index (χ2n) is 14.6. The highest BCUT2D eigenvalue weighted by molar-refractivity contribution is 5.67. The lowest BCUT2D eigenvalue weighted by Crippen LogP contribution is -2.35. The van der Waals surface area contributed by atoms with Gasteiger partial charge in [0, 0.05) is 55.2 Å². The summed E-state index contributed by atoms with van der Waals surface area (Å²) in [5.41, 5.74) is 7.95. The Bertz CT molecular complexity index is 2140. The first-order chi connectivity index (χ1) is 26.9. The summed E-state index contributed by atoms with van der Waals surface area (Å²) in [6.07, 6.45) is 8.70. The standard InChI is InChI=1S/C44H50N4O7/c1-46-16-13-30-24-38(50-4)40-25-33(30)35(46)21-28-7-10-31(11-8-28)54-39-23-29(9-12-37(39)49-3)22-36-41-32(14-17-47(36)2)34(26-53-20-19-48-18-15-45-27-48)42(51-5)44(52-6)43(41)55-40/h7-12,15,18,23-25,27,35-36H,13-14,16-17,19-22,26H2,1-6H3. The third-order valence-corrected chi connectivity index (χ3v) is 11.4. The van der Waals surface area contributed by atoms with Crippen LogP contribution in [0, 0.1) is 0 Å². The third kappa shape index (κ3) is 7.19. The zero-order valence-electron chi connectivity index (χ0n) is 32.6. The number of methoxy groups -OCH3 is 4. The summed E-state index contributed by atoms with van der Waals surface area (Å²) in [6, 6.07) is 19.0. The van der Waals surface area contributed by atoms with Crippen LogP contribution in [0.4, 0.5) is 0 Å². The average Bonchev–Trinajstić information content (AvgIpc) is 3.73. The van der Waals surface area contributed by atoms with E-state index in [-0.39, 0.29) is 12.1 Å². The van der Waals surface area contributed by atoms with E-state index in [0.717, 1.165) is 60.4 Å². The largest absolute Gasteiger partial charge is 0.493 e. The number of hydrogen-bond acceptors (Lipinski definition) is 10. The van der Waals surface area contributed by atoms with Gasteiger partial charge in [0.25, 0.3) is 0 Å². The zero-order valence-corrected chi connectivity index (χ0v) is 32.6. The molecule has 11 heteroatoms. The maximum absolute atomic E-state index is 7.21. The molecule has 9 rings (SSSR count). The van der Waals surface area contributed by atoms with Gasteiger partial charge in [-0.2, -0.15) is 0 Å². The van der Waals surface area contributed by atoms with Crippen LogP contribution >= 0.6 is 0 Å². The van der Waals surface area contributed by atoms with Crippen LogP contribution in [-0.2, 0) is 43.6 Å². The molecule has 0 aliphatic carbocycles. The van der Waals surface area contributed by atoms with Crippen LogP contribution in [0.25, 0.3) is 0 Å². The van der Waals surface area contributed by atoms with Crippen molar-refractivity contribution in [2.75, 3.05) is 62.2 Å². The summed E-state index contributed by atoms with van der Waals surface area (Å²) in [4.78, 5) is 8.99. The summed E-state index contributed by atoms with van der Waals surface area (Å²) in [5.74, 6) is 5.17. The molecule has 0 N–H and O–H groups in total. The molecule has 1 aromatic heterocycles. The molecule has 4 aliphatic heterocycles. The third-order valence-electron chi connectivity index (χ3n) is 11.4. The van der Waals surface area contributed by atoms with Crippen LogP contribution in [0.3, 0.4) is 0 Å². The molecule has 0 radical (unpaired) electrons. The van der Waals surface area contributed by atoms with Gasteiger partial charge in [0.05, 0.1) is 48.0 Å². The number of fused-ring (bicyclic) bond motifs is 2. The van der Waals surface area contributed by atoms with Gasteiger partial charge >= 0.3 is 0 Å². The van der Waals surface area contributed by atoms with E-state index in [1.807, 2.05) is 29.0 Å². The van der Waals surface area contributed by atoms with Gasteiger partial charge in [0.2, 0.25) is 5.75 Å². The highest BCUT2D eigenvalue weighted by atomic mass is 16.5. The summed E-state index contributed by atoms with van der Waals surface area (Å²) >= 11 is 0. The first kappa shape index (κ1) is 36.7. The Morgan fingerprint density at radius 2 is 1.47 bits per heavy atom. The predicted molar refractivity (Wildman–Crippen MR) is 210 cm³/mol. The number of rotatable bonds is 9. The predicted octanol–water partition coefficient (Wildman–Crippen LogP) is 7.58. The van der Waals surface area contributed by atoms with Crippen molar-refractivity contribution in [1.29, 1.82) is 0 Å². The fraction of sp³-hybridized carbons (Fsp3) is 0.386. The van der Waals surface area contributed by atoms with Gasteiger partial charge in [-0.25, -0.2) is 4.98 Å². The number of imidazole rings is 1. The minimum atomic E-state index is -0.0924. The van der Waals surface area contributed by atoms with Crippen LogP contribution in [0.5, 0.6) is 46.0 Å². The monoisotopic (exact) mass is 746 g/mol.